The third-order valence-electron chi connectivity index (χ3n) is 3.17. The molecule has 1 atom stereocenters. The molecule has 1 aromatic carbocycles. The standard InChI is InChI=1S/C13H14BrN3O/c14-11-3-1-9(2-4-11)7-12-16-13(18-17-12)10-5-6-15-8-10/h1-4,10,15H,5-8H2. The highest BCUT2D eigenvalue weighted by atomic mass is 79.9. The average molecular weight is 308 g/mol. The van der Waals surface area contributed by atoms with Gasteiger partial charge >= 0.3 is 0 Å². The van der Waals surface area contributed by atoms with Gasteiger partial charge in [0.05, 0.1) is 5.92 Å². The summed E-state index contributed by atoms with van der Waals surface area (Å²) in [6, 6.07) is 8.18. The maximum absolute atomic E-state index is 5.33. The number of aromatic nitrogens is 2. The SMILES string of the molecule is Brc1ccc(Cc2noc(C3CCNC3)n2)cc1. The van der Waals surface area contributed by atoms with E-state index in [0.29, 0.717) is 5.92 Å². The van der Waals surface area contributed by atoms with Crippen LogP contribution in [-0.4, -0.2) is 23.2 Å². The molecule has 0 bridgehead atoms. The van der Waals surface area contributed by atoms with E-state index in [2.05, 4.69) is 43.5 Å². The first-order chi connectivity index (χ1) is 8.81. The fourth-order valence-electron chi connectivity index (χ4n) is 2.16. The molecule has 3 rings (SSSR count). The largest absolute Gasteiger partial charge is 0.339 e. The summed E-state index contributed by atoms with van der Waals surface area (Å²) in [5, 5.41) is 7.36. The van der Waals surface area contributed by atoms with E-state index < -0.39 is 0 Å². The lowest BCUT2D eigenvalue weighted by Gasteiger charge is -1.99. The zero-order valence-corrected chi connectivity index (χ0v) is 11.5. The van der Waals surface area contributed by atoms with E-state index in [1.54, 1.807) is 0 Å². The molecule has 1 unspecified atom stereocenters. The predicted octanol–water partition coefficient (Wildman–Crippen LogP) is 2.50. The van der Waals surface area contributed by atoms with Crippen LogP contribution in [0.1, 0.15) is 29.6 Å². The number of halogens is 1. The number of hydrogen-bond acceptors (Lipinski definition) is 4. The van der Waals surface area contributed by atoms with Crippen molar-refractivity contribution in [2.75, 3.05) is 13.1 Å². The summed E-state index contributed by atoms with van der Waals surface area (Å²) < 4.78 is 6.41. The normalized spacial score (nSPS) is 19.3. The van der Waals surface area contributed by atoms with Crippen LogP contribution in [0, 0.1) is 0 Å². The zero-order valence-electron chi connectivity index (χ0n) is 9.90. The fourth-order valence-corrected chi connectivity index (χ4v) is 2.42. The molecule has 94 valence electrons. The van der Waals surface area contributed by atoms with Crippen LogP contribution < -0.4 is 5.32 Å². The van der Waals surface area contributed by atoms with Crippen molar-refractivity contribution in [1.29, 1.82) is 0 Å². The van der Waals surface area contributed by atoms with Crippen LogP contribution >= 0.6 is 15.9 Å². The van der Waals surface area contributed by atoms with Gasteiger partial charge in [-0.15, -0.1) is 0 Å². The van der Waals surface area contributed by atoms with Crippen molar-refractivity contribution in [3.8, 4) is 0 Å². The van der Waals surface area contributed by atoms with Crippen molar-refractivity contribution in [2.45, 2.75) is 18.8 Å². The smallest absolute Gasteiger partial charge is 0.231 e. The lowest BCUT2D eigenvalue weighted by atomic mass is 10.1. The van der Waals surface area contributed by atoms with Gasteiger partial charge in [0, 0.05) is 17.4 Å². The summed E-state index contributed by atoms with van der Waals surface area (Å²) in [4.78, 5) is 4.48. The van der Waals surface area contributed by atoms with Gasteiger partial charge in [-0.1, -0.05) is 33.2 Å². The van der Waals surface area contributed by atoms with Gasteiger partial charge in [-0.3, -0.25) is 0 Å². The van der Waals surface area contributed by atoms with Crippen LogP contribution in [0.5, 0.6) is 0 Å². The minimum absolute atomic E-state index is 0.385. The molecule has 0 spiro atoms. The van der Waals surface area contributed by atoms with E-state index in [9.17, 15) is 0 Å². The van der Waals surface area contributed by atoms with Crippen LogP contribution in [0.3, 0.4) is 0 Å². The molecule has 2 aromatic rings. The van der Waals surface area contributed by atoms with Crippen LogP contribution in [0.4, 0.5) is 0 Å². The molecule has 1 saturated heterocycles. The Hall–Kier alpha value is -1.20. The molecular weight excluding hydrogens is 294 g/mol. The predicted molar refractivity (Wildman–Crippen MR) is 71.5 cm³/mol. The third kappa shape index (κ3) is 2.62. The van der Waals surface area contributed by atoms with Gasteiger partial charge in [-0.2, -0.15) is 4.98 Å². The Morgan fingerprint density at radius 3 is 2.89 bits per heavy atom. The van der Waals surface area contributed by atoms with Crippen LogP contribution in [-0.2, 0) is 6.42 Å². The van der Waals surface area contributed by atoms with Crippen molar-refractivity contribution in [1.82, 2.24) is 15.5 Å². The Labute approximate surface area is 114 Å². The quantitative estimate of drug-likeness (QED) is 0.946. The van der Waals surface area contributed by atoms with Gasteiger partial charge in [0.1, 0.15) is 0 Å². The Bertz CT molecular complexity index is 517. The van der Waals surface area contributed by atoms with Gasteiger partial charge in [0.2, 0.25) is 5.89 Å². The molecule has 1 fully saturated rings. The summed E-state index contributed by atoms with van der Waals surface area (Å²) in [6.07, 6.45) is 1.80. The van der Waals surface area contributed by atoms with Gasteiger partial charge in [0.15, 0.2) is 5.82 Å². The van der Waals surface area contributed by atoms with Crippen LogP contribution in [0.25, 0.3) is 0 Å². The summed E-state index contributed by atoms with van der Waals surface area (Å²) >= 11 is 3.42. The molecule has 1 aliphatic rings. The molecule has 1 aliphatic heterocycles. The highest BCUT2D eigenvalue weighted by molar-refractivity contribution is 9.10. The Balaban J connectivity index is 1.71. The van der Waals surface area contributed by atoms with Crippen LogP contribution in [0.2, 0.25) is 0 Å². The molecule has 0 aliphatic carbocycles. The molecule has 4 nitrogen and oxygen atoms in total. The first kappa shape index (κ1) is 11.9. The third-order valence-corrected chi connectivity index (χ3v) is 3.70. The zero-order chi connectivity index (χ0) is 12.4. The molecule has 0 amide bonds. The minimum Gasteiger partial charge on any atom is -0.339 e. The van der Waals surface area contributed by atoms with E-state index in [4.69, 9.17) is 4.52 Å². The first-order valence-corrected chi connectivity index (χ1v) is 6.88. The highest BCUT2D eigenvalue weighted by Gasteiger charge is 2.22. The van der Waals surface area contributed by atoms with Crippen molar-refractivity contribution in [3.05, 3.63) is 46.0 Å². The second kappa shape index (κ2) is 5.20. The van der Waals surface area contributed by atoms with Gasteiger partial charge < -0.3 is 9.84 Å². The first-order valence-electron chi connectivity index (χ1n) is 6.09. The van der Waals surface area contributed by atoms with Crippen molar-refractivity contribution in [3.63, 3.8) is 0 Å². The van der Waals surface area contributed by atoms with E-state index in [0.717, 1.165) is 42.1 Å². The Kier molecular flexibility index (Phi) is 3.43. The number of benzene rings is 1. The second-order valence-electron chi connectivity index (χ2n) is 4.54. The maximum atomic E-state index is 5.33. The van der Waals surface area contributed by atoms with Crippen molar-refractivity contribution >= 4 is 15.9 Å². The van der Waals surface area contributed by atoms with E-state index >= 15 is 0 Å². The Morgan fingerprint density at radius 1 is 1.33 bits per heavy atom. The molecule has 0 saturated carbocycles. The topological polar surface area (TPSA) is 51.0 Å². The number of nitrogens with one attached hydrogen (secondary N) is 1. The number of hydrogen-bond donors (Lipinski definition) is 1. The molecular formula is C13H14BrN3O. The summed E-state index contributed by atoms with van der Waals surface area (Å²) in [5.74, 6) is 1.92. The van der Waals surface area contributed by atoms with E-state index in [1.807, 2.05) is 12.1 Å². The monoisotopic (exact) mass is 307 g/mol. The summed E-state index contributed by atoms with van der Waals surface area (Å²) in [7, 11) is 0. The Morgan fingerprint density at radius 2 is 2.17 bits per heavy atom. The summed E-state index contributed by atoms with van der Waals surface area (Å²) in [5.41, 5.74) is 1.19. The lowest BCUT2D eigenvalue weighted by molar-refractivity contribution is 0.355. The molecule has 18 heavy (non-hydrogen) atoms. The average Bonchev–Trinajstić information content (AvgIpc) is 3.02. The van der Waals surface area contributed by atoms with Gasteiger partial charge in [-0.05, 0) is 30.7 Å². The van der Waals surface area contributed by atoms with Crippen LogP contribution in [0.15, 0.2) is 33.3 Å². The van der Waals surface area contributed by atoms with Gasteiger partial charge in [0.25, 0.3) is 0 Å². The minimum atomic E-state index is 0.385. The molecule has 5 heteroatoms. The number of nitrogens with zero attached hydrogens (tertiary/aromatic N) is 2. The fraction of sp³-hybridized carbons (Fsp3) is 0.385. The highest BCUT2D eigenvalue weighted by Crippen LogP contribution is 2.21. The van der Waals surface area contributed by atoms with Crippen molar-refractivity contribution < 1.29 is 4.52 Å². The molecule has 0 radical (unpaired) electrons. The molecule has 1 aromatic heterocycles. The van der Waals surface area contributed by atoms with E-state index in [-0.39, 0.29) is 0 Å². The number of rotatable bonds is 3. The van der Waals surface area contributed by atoms with E-state index in [1.165, 1.54) is 5.56 Å². The molecule has 1 N–H and O–H groups in total. The lowest BCUT2D eigenvalue weighted by Crippen LogP contribution is -2.08. The maximum Gasteiger partial charge on any atom is 0.231 e. The van der Waals surface area contributed by atoms with Crippen molar-refractivity contribution in [2.24, 2.45) is 0 Å². The summed E-state index contributed by atoms with van der Waals surface area (Å²) in [6.45, 7) is 1.98. The molecule has 2 heterocycles. The van der Waals surface area contributed by atoms with Gasteiger partial charge in [-0.25, -0.2) is 0 Å². The second-order valence-corrected chi connectivity index (χ2v) is 5.46.